The van der Waals surface area contributed by atoms with Crippen molar-refractivity contribution >= 4 is 5.91 Å². The summed E-state index contributed by atoms with van der Waals surface area (Å²) in [7, 11) is 1.54. The van der Waals surface area contributed by atoms with Gasteiger partial charge in [0.1, 0.15) is 0 Å². The van der Waals surface area contributed by atoms with E-state index in [1.807, 2.05) is 0 Å². The van der Waals surface area contributed by atoms with Crippen molar-refractivity contribution in [1.82, 2.24) is 5.32 Å². The molecular weight excluding hydrogens is 302 g/mol. The lowest BCUT2D eigenvalue weighted by Gasteiger charge is -2.12. The standard InChI is InChI=1S/C20H41NO3/c1-3-4-5-6-7-8-9-10-11-12-13-14-15-16-20(23)21-17-19(18-22)24-2/h19,22H,3-18H2,1-2H3,(H,21,23). The first-order valence-electron chi connectivity index (χ1n) is 10.1. The van der Waals surface area contributed by atoms with Gasteiger partial charge >= 0.3 is 0 Å². The number of amides is 1. The highest BCUT2D eigenvalue weighted by Crippen LogP contribution is 2.12. The summed E-state index contributed by atoms with van der Waals surface area (Å²) in [5.74, 6) is 0.0635. The molecule has 0 aromatic carbocycles. The Bertz CT molecular complexity index is 268. The number of nitrogens with one attached hydrogen (secondary N) is 1. The highest BCUT2D eigenvalue weighted by atomic mass is 16.5. The van der Waals surface area contributed by atoms with Gasteiger partial charge in [0.2, 0.25) is 5.91 Å². The normalized spacial score (nSPS) is 12.3. The maximum absolute atomic E-state index is 11.6. The van der Waals surface area contributed by atoms with Crippen LogP contribution in [0.5, 0.6) is 0 Å². The van der Waals surface area contributed by atoms with E-state index in [0.29, 0.717) is 13.0 Å². The number of carbonyl (C=O) groups is 1. The lowest BCUT2D eigenvalue weighted by molar-refractivity contribution is -0.121. The van der Waals surface area contributed by atoms with Crippen molar-refractivity contribution in [2.24, 2.45) is 0 Å². The molecule has 144 valence electrons. The van der Waals surface area contributed by atoms with E-state index in [0.717, 1.165) is 12.8 Å². The number of unbranched alkanes of at least 4 members (excludes halogenated alkanes) is 12. The topological polar surface area (TPSA) is 58.6 Å². The van der Waals surface area contributed by atoms with Gasteiger partial charge in [-0.1, -0.05) is 84.0 Å². The Morgan fingerprint density at radius 3 is 1.75 bits per heavy atom. The lowest BCUT2D eigenvalue weighted by Crippen LogP contribution is -2.34. The van der Waals surface area contributed by atoms with E-state index in [-0.39, 0.29) is 18.6 Å². The predicted octanol–water partition coefficient (Wildman–Crippen LogP) is 4.59. The molecule has 2 N–H and O–H groups in total. The van der Waals surface area contributed by atoms with E-state index < -0.39 is 0 Å². The van der Waals surface area contributed by atoms with Gasteiger partial charge in [-0.25, -0.2) is 0 Å². The van der Waals surface area contributed by atoms with Crippen molar-refractivity contribution in [2.75, 3.05) is 20.3 Å². The van der Waals surface area contributed by atoms with Gasteiger partial charge in [-0.2, -0.15) is 0 Å². The first kappa shape index (κ1) is 23.4. The highest BCUT2D eigenvalue weighted by Gasteiger charge is 2.07. The molecule has 0 aromatic heterocycles. The van der Waals surface area contributed by atoms with Gasteiger partial charge < -0.3 is 15.2 Å². The molecular formula is C20H41NO3. The fraction of sp³-hybridized carbons (Fsp3) is 0.950. The summed E-state index contributed by atoms with van der Waals surface area (Å²) < 4.78 is 5.01. The molecule has 0 aromatic rings. The summed E-state index contributed by atoms with van der Waals surface area (Å²) in [5.41, 5.74) is 0. The smallest absolute Gasteiger partial charge is 0.220 e. The summed E-state index contributed by atoms with van der Waals surface area (Å²) in [6, 6.07) is 0. The molecule has 24 heavy (non-hydrogen) atoms. The third-order valence-electron chi connectivity index (χ3n) is 4.57. The molecule has 0 aliphatic rings. The number of carbonyl (C=O) groups excluding carboxylic acids is 1. The Hall–Kier alpha value is -0.610. The molecule has 0 heterocycles. The van der Waals surface area contributed by atoms with Crippen molar-refractivity contribution < 1.29 is 14.6 Å². The van der Waals surface area contributed by atoms with Crippen molar-refractivity contribution in [3.05, 3.63) is 0 Å². The van der Waals surface area contributed by atoms with Crippen LogP contribution in [-0.2, 0) is 9.53 Å². The molecule has 1 amide bonds. The SMILES string of the molecule is CCCCCCCCCCCCCCCC(=O)NCC(CO)OC. The van der Waals surface area contributed by atoms with Crippen LogP contribution in [0.2, 0.25) is 0 Å². The van der Waals surface area contributed by atoms with E-state index in [4.69, 9.17) is 9.84 Å². The molecule has 0 saturated carbocycles. The van der Waals surface area contributed by atoms with Gasteiger partial charge in [-0.05, 0) is 6.42 Å². The Balaban J connectivity index is 3.20. The van der Waals surface area contributed by atoms with Crippen molar-refractivity contribution in [3.8, 4) is 0 Å². The average Bonchev–Trinajstić information content (AvgIpc) is 2.60. The van der Waals surface area contributed by atoms with E-state index in [9.17, 15) is 4.79 Å². The molecule has 0 aliphatic carbocycles. The second-order valence-electron chi connectivity index (χ2n) is 6.84. The van der Waals surface area contributed by atoms with E-state index in [1.165, 1.54) is 70.6 Å². The minimum Gasteiger partial charge on any atom is -0.394 e. The van der Waals surface area contributed by atoms with Gasteiger partial charge in [-0.15, -0.1) is 0 Å². The molecule has 0 spiro atoms. The molecule has 4 nitrogen and oxygen atoms in total. The van der Waals surface area contributed by atoms with Gasteiger partial charge in [0.25, 0.3) is 0 Å². The van der Waals surface area contributed by atoms with Crippen LogP contribution < -0.4 is 5.32 Å². The summed E-state index contributed by atoms with van der Waals surface area (Å²) in [4.78, 5) is 11.6. The summed E-state index contributed by atoms with van der Waals surface area (Å²) in [5, 5.41) is 11.8. The molecule has 0 fully saturated rings. The zero-order chi connectivity index (χ0) is 17.9. The molecule has 0 rings (SSSR count). The fourth-order valence-corrected chi connectivity index (χ4v) is 2.84. The van der Waals surface area contributed by atoms with E-state index >= 15 is 0 Å². The van der Waals surface area contributed by atoms with Crippen LogP contribution in [0.15, 0.2) is 0 Å². The zero-order valence-corrected chi connectivity index (χ0v) is 16.2. The van der Waals surface area contributed by atoms with Gasteiger partial charge in [0.15, 0.2) is 0 Å². The van der Waals surface area contributed by atoms with Gasteiger partial charge in [0.05, 0.1) is 12.7 Å². The van der Waals surface area contributed by atoms with Crippen LogP contribution in [-0.4, -0.2) is 37.4 Å². The van der Waals surface area contributed by atoms with Crippen molar-refractivity contribution in [1.29, 1.82) is 0 Å². The van der Waals surface area contributed by atoms with Crippen LogP contribution in [0.1, 0.15) is 96.8 Å². The molecule has 1 unspecified atom stereocenters. The van der Waals surface area contributed by atoms with Crippen LogP contribution in [0.25, 0.3) is 0 Å². The molecule has 0 radical (unpaired) electrons. The molecule has 4 heteroatoms. The van der Waals surface area contributed by atoms with E-state index in [1.54, 1.807) is 7.11 Å². The minimum atomic E-state index is -0.291. The minimum absolute atomic E-state index is 0.0600. The second kappa shape index (κ2) is 18.7. The number of hydrogen-bond donors (Lipinski definition) is 2. The van der Waals surface area contributed by atoms with E-state index in [2.05, 4.69) is 12.2 Å². The molecule has 1 atom stereocenters. The van der Waals surface area contributed by atoms with Gasteiger partial charge in [0, 0.05) is 20.1 Å². The number of aliphatic hydroxyl groups is 1. The molecule has 0 saturated heterocycles. The van der Waals surface area contributed by atoms with Crippen LogP contribution in [0, 0.1) is 0 Å². The molecule has 0 aliphatic heterocycles. The third-order valence-corrected chi connectivity index (χ3v) is 4.57. The summed E-state index contributed by atoms with van der Waals surface area (Å²) in [6.45, 7) is 2.60. The Morgan fingerprint density at radius 2 is 1.33 bits per heavy atom. The maximum atomic E-state index is 11.6. The van der Waals surface area contributed by atoms with Crippen LogP contribution in [0.3, 0.4) is 0 Å². The third kappa shape index (κ3) is 16.3. The number of methoxy groups -OCH3 is 1. The first-order chi connectivity index (χ1) is 11.7. The largest absolute Gasteiger partial charge is 0.394 e. The Kier molecular flexibility index (Phi) is 18.2. The monoisotopic (exact) mass is 343 g/mol. The summed E-state index contributed by atoms with van der Waals surface area (Å²) in [6.07, 6.45) is 17.4. The van der Waals surface area contributed by atoms with Crippen LogP contribution in [0.4, 0.5) is 0 Å². The number of aliphatic hydroxyl groups excluding tert-OH is 1. The first-order valence-corrected chi connectivity index (χ1v) is 10.1. The number of hydrogen-bond acceptors (Lipinski definition) is 3. The summed E-state index contributed by atoms with van der Waals surface area (Å²) >= 11 is 0. The zero-order valence-electron chi connectivity index (χ0n) is 16.2. The fourth-order valence-electron chi connectivity index (χ4n) is 2.84. The quantitative estimate of drug-likeness (QED) is 0.358. The number of rotatable bonds is 18. The van der Waals surface area contributed by atoms with Gasteiger partial charge in [-0.3, -0.25) is 4.79 Å². The average molecular weight is 344 g/mol. The van der Waals surface area contributed by atoms with Crippen LogP contribution >= 0.6 is 0 Å². The van der Waals surface area contributed by atoms with Crippen molar-refractivity contribution in [2.45, 2.75) is 103 Å². The second-order valence-corrected chi connectivity index (χ2v) is 6.84. The Labute approximate surface area is 149 Å². The predicted molar refractivity (Wildman–Crippen MR) is 101 cm³/mol. The number of ether oxygens (including phenoxy) is 1. The molecule has 0 bridgehead atoms. The highest BCUT2D eigenvalue weighted by molar-refractivity contribution is 5.75. The lowest BCUT2D eigenvalue weighted by atomic mass is 10.0. The maximum Gasteiger partial charge on any atom is 0.220 e. The van der Waals surface area contributed by atoms with Crippen molar-refractivity contribution in [3.63, 3.8) is 0 Å². The Morgan fingerprint density at radius 1 is 0.875 bits per heavy atom.